The fourth-order valence-corrected chi connectivity index (χ4v) is 3.74. The molecule has 1 aromatic rings. The molecule has 1 aliphatic carbocycles. The molecule has 114 valence electrons. The number of rotatable bonds is 3. The van der Waals surface area contributed by atoms with Gasteiger partial charge in [0.25, 0.3) is 5.91 Å². The van der Waals surface area contributed by atoms with Crippen molar-refractivity contribution in [2.45, 2.75) is 51.6 Å². The van der Waals surface area contributed by atoms with Crippen molar-refractivity contribution in [1.29, 1.82) is 0 Å². The average molecular weight is 290 g/mol. The van der Waals surface area contributed by atoms with Crippen LogP contribution in [-0.4, -0.2) is 38.5 Å². The van der Waals surface area contributed by atoms with E-state index in [1.54, 1.807) is 11.1 Å². The number of amides is 3. The fraction of sp³-hybridized carbons (Fsp3) is 0.667. The molecule has 1 spiro atoms. The summed E-state index contributed by atoms with van der Waals surface area (Å²) < 4.78 is 2.01. The zero-order valence-corrected chi connectivity index (χ0v) is 12.6. The van der Waals surface area contributed by atoms with Crippen molar-refractivity contribution in [2.24, 2.45) is 5.92 Å². The highest BCUT2D eigenvalue weighted by molar-refractivity contribution is 6.07. The number of aromatic nitrogens is 2. The summed E-state index contributed by atoms with van der Waals surface area (Å²) in [5.74, 6) is 1.29. The molecule has 2 heterocycles. The van der Waals surface area contributed by atoms with Crippen LogP contribution in [0, 0.1) is 12.8 Å². The van der Waals surface area contributed by atoms with Gasteiger partial charge in [-0.05, 0) is 25.7 Å². The Morgan fingerprint density at radius 3 is 2.90 bits per heavy atom. The molecule has 6 nitrogen and oxygen atoms in total. The van der Waals surface area contributed by atoms with Gasteiger partial charge in [-0.25, -0.2) is 9.78 Å². The Morgan fingerprint density at radius 1 is 1.43 bits per heavy atom. The minimum absolute atomic E-state index is 0.110. The molecule has 2 fully saturated rings. The van der Waals surface area contributed by atoms with Gasteiger partial charge in [-0.3, -0.25) is 10.1 Å². The van der Waals surface area contributed by atoms with Crippen LogP contribution >= 0.6 is 0 Å². The van der Waals surface area contributed by atoms with E-state index in [4.69, 9.17) is 0 Å². The second kappa shape index (κ2) is 5.16. The van der Waals surface area contributed by atoms with E-state index in [0.29, 0.717) is 19.0 Å². The molecule has 1 aromatic heterocycles. The molecule has 1 saturated carbocycles. The van der Waals surface area contributed by atoms with Gasteiger partial charge in [0.05, 0.1) is 0 Å². The number of imidazole rings is 1. The lowest BCUT2D eigenvalue weighted by Gasteiger charge is -2.40. The van der Waals surface area contributed by atoms with Gasteiger partial charge in [-0.1, -0.05) is 19.8 Å². The first-order valence-corrected chi connectivity index (χ1v) is 7.64. The summed E-state index contributed by atoms with van der Waals surface area (Å²) in [5, 5.41) is 2.52. The summed E-state index contributed by atoms with van der Waals surface area (Å²) in [5.41, 5.74) is -0.622. The predicted octanol–water partition coefficient (Wildman–Crippen LogP) is 1.69. The third-order valence-electron chi connectivity index (χ3n) is 4.87. The van der Waals surface area contributed by atoms with E-state index < -0.39 is 5.54 Å². The highest BCUT2D eigenvalue weighted by Gasteiger charge is 2.53. The number of nitrogens with zero attached hydrogens (tertiary/aromatic N) is 3. The van der Waals surface area contributed by atoms with Crippen LogP contribution in [0.1, 0.15) is 38.4 Å². The Morgan fingerprint density at radius 2 is 2.24 bits per heavy atom. The summed E-state index contributed by atoms with van der Waals surface area (Å²) in [6.07, 6.45) is 7.34. The van der Waals surface area contributed by atoms with E-state index in [1.165, 1.54) is 0 Å². The van der Waals surface area contributed by atoms with Crippen LogP contribution in [0.15, 0.2) is 12.4 Å². The molecule has 2 unspecified atom stereocenters. The van der Waals surface area contributed by atoms with Crippen LogP contribution in [0.25, 0.3) is 0 Å². The smallest absolute Gasteiger partial charge is 0.325 e. The van der Waals surface area contributed by atoms with Crippen molar-refractivity contribution < 1.29 is 9.59 Å². The molecule has 3 amide bonds. The predicted molar refractivity (Wildman–Crippen MR) is 77.6 cm³/mol. The second-order valence-electron chi connectivity index (χ2n) is 6.31. The molecule has 1 aliphatic heterocycles. The largest absolute Gasteiger partial charge is 0.333 e. The number of aryl methyl sites for hydroxylation is 1. The van der Waals surface area contributed by atoms with E-state index in [-0.39, 0.29) is 11.9 Å². The van der Waals surface area contributed by atoms with Crippen molar-refractivity contribution in [3.8, 4) is 0 Å². The highest BCUT2D eigenvalue weighted by Crippen LogP contribution is 2.39. The molecule has 2 aliphatic rings. The maximum atomic E-state index is 12.4. The first-order valence-electron chi connectivity index (χ1n) is 7.64. The molecule has 6 heteroatoms. The monoisotopic (exact) mass is 290 g/mol. The number of hydrogen-bond acceptors (Lipinski definition) is 3. The number of carbonyl (C=O) groups excluding carboxylic acids is 2. The standard InChI is InChI=1S/C15H22N4O2/c1-11-4-3-5-15(10-11)13(20)17-14(21)19(15)9-8-18-7-6-16-12(18)2/h6-7,11H,3-5,8-10H2,1-2H3,(H,17,20,21). The summed E-state index contributed by atoms with van der Waals surface area (Å²) in [6.45, 7) is 5.31. The lowest BCUT2D eigenvalue weighted by atomic mass is 9.75. The third-order valence-corrected chi connectivity index (χ3v) is 4.87. The van der Waals surface area contributed by atoms with Gasteiger partial charge in [0, 0.05) is 25.5 Å². The number of carbonyl (C=O) groups is 2. The second-order valence-corrected chi connectivity index (χ2v) is 6.31. The minimum atomic E-state index is -0.622. The van der Waals surface area contributed by atoms with Crippen LogP contribution in [0.4, 0.5) is 4.79 Å². The molecule has 1 saturated heterocycles. The molecule has 1 N–H and O–H groups in total. The van der Waals surface area contributed by atoms with Crippen molar-refractivity contribution in [3.63, 3.8) is 0 Å². The molecule has 0 bridgehead atoms. The van der Waals surface area contributed by atoms with Crippen molar-refractivity contribution in [2.75, 3.05) is 6.54 Å². The van der Waals surface area contributed by atoms with Gasteiger partial charge in [-0.2, -0.15) is 0 Å². The van der Waals surface area contributed by atoms with E-state index in [1.807, 2.05) is 17.7 Å². The molecular formula is C15H22N4O2. The van der Waals surface area contributed by atoms with E-state index in [2.05, 4.69) is 17.2 Å². The summed E-state index contributed by atoms with van der Waals surface area (Å²) >= 11 is 0. The Kier molecular flexibility index (Phi) is 3.47. The number of nitrogens with one attached hydrogen (secondary N) is 1. The van der Waals surface area contributed by atoms with Gasteiger partial charge >= 0.3 is 6.03 Å². The molecule has 0 radical (unpaired) electrons. The third kappa shape index (κ3) is 2.32. The first-order chi connectivity index (χ1) is 10.0. The van der Waals surface area contributed by atoms with Crippen LogP contribution in [-0.2, 0) is 11.3 Å². The van der Waals surface area contributed by atoms with Crippen LogP contribution < -0.4 is 5.32 Å². The van der Waals surface area contributed by atoms with E-state index >= 15 is 0 Å². The van der Waals surface area contributed by atoms with Crippen LogP contribution in [0.2, 0.25) is 0 Å². The molecule has 3 rings (SSSR count). The zero-order valence-electron chi connectivity index (χ0n) is 12.6. The van der Waals surface area contributed by atoms with Crippen molar-refractivity contribution >= 4 is 11.9 Å². The van der Waals surface area contributed by atoms with E-state index in [9.17, 15) is 9.59 Å². The first kappa shape index (κ1) is 14.1. The highest BCUT2D eigenvalue weighted by atomic mass is 16.2. The van der Waals surface area contributed by atoms with Crippen molar-refractivity contribution in [3.05, 3.63) is 18.2 Å². The maximum absolute atomic E-state index is 12.4. The molecular weight excluding hydrogens is 268 g/mol. The maximum Gasteiger partial charge on any atom is 0.325 e. The Hall–Kier alpha value is -1.85. The Labute approximate surface area is 124 Å². The normalized spacial score (nSPS) is 29.2. The SMILES string of the molecule is Cc1nccn1CCN1C(=O)NC(=O)C12CCCC(C)C2. The molecule has 21 heavy (non-hydrogen) atoms. The molecule has 2 atom stereocenters. The summed E-state index contributed by atoms with van der Waals surface area (Å²) in [6, 6.07) is -0.244. The quantitative estimate of drug-likeness (QED) is 0.861. The van der Waals surface area contributed by atoms with Gasteiger partial charge in [0.2, 0.25) is 0 Å². The average Bonchev–Trinajstić information content (AvgIpc) is 2.92. The van der Waals surface area contributed by atoms with Gasteiger partial charge in [0.15, 0.2) is 0 Å². The Balaban J connectivity index is 1.79. The van der Waals surface area contributed by atoms with Gasteiger partial charge in [0.1, 0.15) is 11.4 Å². The topological polar surface area (TPSA) is 67.2 Å². The number of imide groups is 1. The van der Waals surface area contributed by atoms with Gasteiger partial charge in [-0.15, -0.1) is 0 Å². The lowest BCUT2D eigenvalue weighted by molar-refractivity contribution is -0.129. The fourth-order valence-electron chi connectivity index (χ4n) is 3.74. The lowest BCUT2D eigenvalue weighted by Crippen LogP contribution is -2.53. The van der Waals surface area contributed by atoms with Crippen LogP contribution in [0.3, 0.4) is 0 Å². The van der Waals surface area contributed by atoms with Crippen LogP contribution in [0.5, 0.6) is 0 Å². The van der Waals surface area contributed by atoms with E-state index in [0.717, 1.165) is 31.5 Å². The molecule has 0 aromatic carbocycles. The number of hydrogen-bond donors (Lipinski definition) is 1. The summed E-state index contributed by atoms with van der Waals surface area (Å²) in [7, 11) is 0. The Bertz CT molecular complexity index is 568. The number of urea groups is 1. The minimum Gasteiger partial charge on any atom is -0.333 e. The van der Waals surface area contributed by atoms with Gasteiger partial charge < -0.3 is 9.47 Å². The summed E-state index contributed by atoms with van der Waals surface area (Å²) in [4.78, 5) is 30.5. The zero-order chi connectivity index (χ0) is 15.0. The van der Waals surface area contributed by atoms with Crippen molar-refractivity contribution in [1.82, 2.24) is 19.8 Å².